The van der Waals surface area contributed by atoms with Crippen molar-refractivity contribution in [3.63, 3.8) is 0 Å². The van der Waals surface area contributed by atoms with Crippen LogP contribution in [0.2, 0.25) is 0 Å². The fourth-order valence-corrected chi connectivity index (χ4v) is 2.33. The number of hydrogen-bond acceptors (Lipinski definition) is 3. The van der Waals surface area contributed by atoms with Gasteiger partial charge in [-0.2, -0.15) is 13.2 Å². The summed E-state index contributed by atoms with van der Waals surface area (Å²) in [7, 11) is 0. The van der Waals surface area contributed by atoms with Gasteiger partial charge in [-0.1, -0.05) is 6.07 Å². The van der Waals surface area contributed by atoms with Gasteiger partial charge < -0.3 is 15.4 Å². The number of aromatic nitrogens is 1. The Morgan fingerprint density at radius 1 is 0.931 bits per heavy atom. The van der Waals surface area contributed by atoms with Crippen molar-refractivity contribution in [3.05, 3.63) is 78.0 Å². The number of hydrogen-bond donors (Lipinski definition) is 2. The number of carbonyl (C=O) groups is 1. The molecule has 2 amide bonds. The summed E-state index contributed by atoms with van der Waals surface area (Å²) in [6, 6.07) is 8.57. The van der Waals surface area contributed by atoms with Crippen LogP contribution in [0.4, 0.5) is 38.1 Å². The van der Waals surface area contributed by atoms with Crippen molar-refractivity contribution in [2.24, 2.45) is 0 Å². The first-order valence-electron chi connectivity index (χ1n) is 8.05. The van der Waals surface area contributed by atoms with Crippen LogP contribution in [0.5, 0.6) is 11.6 Å². The fourth-order valence-electron chi connectivity index (χ4n) is 2.33. The Morgan fingerprint density at radius 2 is 1.66 bits per heavy atom. The van der Waals surface area contributed by atoms with Gasteiger partial charge in [-0.25, -0.2) is 18.6 Å². The quantitative estimate of drug-likeness (QED) is 0.534. The molecule has 0 spiro atoms. The molecule has 0 aliphatic rings. The number of nitrogens with one attached hydrogen (secondary N) is 2. The van der Waals surface area contributed by atoms with Crippen molar-refractivity contribution >= 4 is 17.4 Å². The average molecular weight is 409 g/mol. The second-order valence-electron chi connectivity index (χ2n) is 5.72. The zero-order valence-electron chi connectivity index (χ0n) is 14.4. The Bertz CT molecular complexity index is 1020. The predicted octanol–water partition coefficient (Wildman–Crippen LogP) is 5.81. The summed E-state index contributed by atoms with van der Waals surface area (Å²) >= 11 is 0. The number of urea groups is 1. The van der Waals surface area contributed by atoms with Crippen LogP contribution in [0.3, 0.4) is 0 Å². The molecule has 3 rings (SSSR count). The molecular weight excluding hydrogens is 397 g/mol. The molecule has 3 aromatic rings. The van der Waals surface area contributed by atoms with E-state index in [-0.39, 0.29) is 23.0 Å². The Kier molecular flexibility index (Phi) is 5.62. The first-order chi connectivity index (χ1) is 13.7. The van der Waals surface area contributed by atoms with E-state index in [1.54, 1.807) is 0 Å². The monoisotopic (exact) mass is 409 g/mol. The first kappa shape index (κ1) is 20.1. The standard InChI is InChI=1S/C19H12F5N3O2/c20-12-8-13(21)10-14(9-12)26-18(28)27-16-5-2-6-25-17(16)29-15-4-1-3-11(7-15)19(22,23)24/h1-10H,(H2,26,27,28). The van der Waals surface area contributed by atoms with Crippen LogP contribution in [0.25, 0.3) is 0 Å². The molecule has 1 heterocycles. The Morgan fingerprint density at radius 3 is 2.34 bits per heavy atom. The topological polar surface area (TPSA) is 63.2 Å². The molecule has 0 aliphatic heterocycles. The van der Waals surface area contributed by atoms with Gasteiger partial charge in [-0.3, -0.25) is 0 Å². The number of alkyl halides is 3. The summed E-state index contributed by atoms with van der Waals surface area (Å²) in [5, 5.41) is 4.59. The number of benzene rings is 2. The number of pyridine rings is 1. The number of ether oxygens (including phenoxy) is 1. The number of nitrogens with zero attached hydrogens (tertiary/aromatic N) is 1. The SMILES string of the molecule is O=C(Nc1cc(F)cc(F)c1)Nc1cccnc1Oc1cccc(C(F)(F)F)c1. The average Bonchev–Trinajstić information content (AvgIpc) is 2.62. The maximum absolute atomic E-state index is 13.2. The third-order valence-corrected chi connectivity index (χ3v) is 3.52. The second-order valence-corrected chi connectivity index (χ2v) is 5.72. The molecule has 29 heavy (non-hydrogen) atoms. The molecule has 2 aromatic carbocycles. The van der Waals surface area contributed by atoms with Gasteiger partial charge in [0.2, 0.25) is 5.88 Å². The van der Waals surface area contributed by atoms with Gasteiger partial charge in [0.15, 0.2) is 0 Å². The van der Waals surface area contributed by atoms with Gasteiger partial charge in [-0.05, 0) is 42.5 Å². The lowest BCUT2D eigenvalue weighted by molar-refractivity contribution is -0.137. The summed E-state index contributed by atoms with van der Waals surface area (Å²) in [6.07, 6.45) is -3.24. The number of anilines is 2. The fraction of sp³-hybridized carbons (Fsp3) is 0.0526. The largest absolute Gasteiger partial charge is 0.437 e. The highest BCUT2D eigenvalue weighted by molar-refractivity contribution is 6.00. The van der Waals surface area contributed by atoms with Crippen LogP contribution in [-0.2, 0) is 6.18 Å². The van der Waals surface area contributed by atoms with E-state index >= 15 is 0 Å². The molecule has 0 radical (unpaired) electrons. The highest BCUT2D eigenvalue weighted by Gasteiger charge is 2.30. The molecule has 2 N–H and O–H groups in total. The van der Waals surface area contributed by atoms with E-state index in [0.29, 0.717) is 6.07 Å². The van der Waals surface area contributed by atoms with E-state index in [0.717, 1.165) is 24.3 Å². The Labute approximate surface area is 161 Å². The van der Waals surface area contributed by atoms with Gasteiger partial charge in [0.05, 0.1) is 5.56 Å². The van der Waals surface area contributed by atoms with Crippen LogP contribution >= 0.6 is 0 Å². The van der Waals surface area contributed by atoms with E-state index in [1.165, 1.54) is 30.5 Å². The van der Waals surface area contributed by atoms with Crippen molar-refractivity contribution in [2.75, 3.05) is 10.6 Å². The molecule has 0 unspecified atom stereocenters. The Balaban J connectivity index is 1.76. The van der Waals surface area contributed by atoms with Crippen LogP contribution < -0.4 is 15.4 Å². The molecule has 1 aromatic heterocycles. The first-order valence-corrected chi connectivity index (χ1v) is 8.05. The highest BCUT2D eigenvalue weighted by atomic mass is 19.4. The molecule has 5 nitrogen and oxygen atoms in total. The molecule has 0 saturated heterocycles. The van der Waals surface area contributed by atoms with Crippen LogP contribution in [-0.4, -0.2) is 11.0 Å². The summed E-state index contributed by atoms with van der Waals surface area (Å²) in [5.41, 5.74) is -1.02. The predicted molar refractivity (Wildman–Crippen MR) is 94.8 cm³/mol. The van der Waals surface area contributed by atoms with E-state index in [4.69, 9.17) is 4.74 Å². The van der Waals surface area contributed by atoms with Crippen LogP contribution in [0, 0.1) is 11.6 Å². The molecule has 0 aliphatic carbocycles. The van der Waals surface area contributed by atoms with Gasteiger partial charge in [0, 0.05) is 18.0 Å². The van der Waals surface area contributed by atoms with Crippen molar-refractivity contribution in [2.45, 2.75) is 6.18 Å². The molecule has 0 atom stereocenters. The minimum absolute atomic E-state index is 0.0271. The molecule has 10 heteroatoms. The lowest BCUT2D eigenvalue weighted by atomic mass is 10.2. The van der Waals surface area contributed by atoms with Crippen molar-refractivity contribution in [1.82, 2.24) is 4.98 Å². The van der Waals surface area contributed by atoms with Gasteiger partial charge in [-0.15, -0.1) is 0 Å². The van der Waals surface area contributed by atoms with Gasteiger partial charge in [0.25, 0.3) is 0 Å². The second kappa shape index (κ2) is 8.13. The van der Waals surface area contributed by atoms with Crippen molar-refractivity contribution < 1.29 is 31.5 Å². The van der Waals surface area contributed by atoms with Gasteiger partial charge >= 0.3 is 12.2 Å². The summed E-state index contributed by atoms with van der Waals surface area (Å²) < 4.78 is 70.3. The maximum atomic E-state index is 13.2. The third-order valence-electron chi connectivity index (χ3n) is 3.52. The maximum Gasteiger partial charge on any atom is 0.416 e. The lowest BCUT2D eigenvalue weighted by Gasteiger charge is -2.13. The van der Waals surface area contributed by atoms with E-state index in [2.05, 4.69) is 15.6 Å². The van der Waals surface area contributed by atoms with Crippen molar-refractivity contribution in [3.8, 4) is 11.6 Å². The normalized spacial score (nSPS) is 11.1. The van der Waals surface area contributed by atoms with E-state index in [9.17, 15) is 26.7 Å². The summed E-state index contributed by atoms with van der Waals surface area (Å²) in [4.78, 5) is 16.0. The number of amides is 2. The molecule has 0 fully saturated rings. The van der Waals surface area contributed by atoms with E-state index < -0.39 is 29.4 Å². The number of halogens is 5. The Hall–Kier alpha value is -3.69. The smallest absolute Gasteiger partial charge is 0.416 e. The molecule has 150 valence electrons. The van der Waals surface area contributed by atoms with Crippen LogP contribution in [0.1, 0.15) is 5.56 Å². The summed E-state index contributed by atoms with van der Waals surface area (Å²) in [5.74, 6) is -2.08. The third kappa shape index (κ3) is 5.41. The lowest BCUT2D eigenvalue weighted by Crippen LogP contribution is -2.20. The van der Waals surface area contributed by atoms with Crippen LogP contribution in [0.15, 0.2) is 60.8 Å². The van der Waals surface area contributed by atoms with Gasteiger partial charge in [0.1, 0.15) is 23.1 Å². The van der Waals surface area contributed by atoms with Crippen molar-refractivity contribution in [1.29, 1.82) is 0 Å². The number of carbonyl (C=O) groups excluding carboxylic acids is 1. The zero-order chi connectivity index (χ0) is 21.0. The minimum atomic E-state index is -4.55. The molecule has 0 bridgehead atoms. The zero-order valence-corrected chi connectivity index (χ0v) is 14.4. The van der Waals surface area contributed by atoms with E-state index in [1.807, 2.05) is 0 Å². The molecule has 0 saturated carbocycles. The minimum Gasteiger partial charge on any atom is -0.437 e. The highest BCUT2D eigenvalue weighted by Crippen LogP contribution is 2.33. The number of rotatable bonds is 4. The summed E-state index contributed by atoms with van der Waals surface area (Å²) in [6.45, 7) is 0. The molecular formula is C19H12F5N3O2.